The van der Waals surface area contributed by atoms with Gasteiger partial charge in [0.2, 0.25) is 0 Å². The van der Waals surface area contributed by atoms with Gasteiger partial charge in [0.25, 0.3) is 0 Å². The maximum absolute atomic E-state index is 4.40. The van der Waals surface area contributed by atoms with Crippen molar-refractivity contribution in [1.29, 1.82) is 0 Å². The van der Waals surface area contributed by atoms with Crippen LogP contribution in [0.25, 0.3) is 11.0 Å². The van der Waals surface area contributed by atoms with Crippen LogP contribution in [0.4, 0.5) is 0 Å². The maximum Gasteiger partial charge on any atom is 0.185 e. The van der Waals surface area contributed by atoms with Gasteiger partial charge in [-0.05, 0) is 12.5 Å². The Morgan fingerprint density at radius 3 is 2.88 bits per heavy atom. The lowest BCUT2D eigenvalue weighted by Gasteiger charge is -1.99. The molecule has 0 unspecified atom stereocenters. The van der Waals surface area contributed by atoms with Crippen molar-refractivity contribution >= 4 is 11.0 Å². The van der Waals surface area contributed by atoms with E-state index in [2.05, 4.69) is 33.4 Å². The van der Waals surface area contributed by atoms with E-state index in [1.807, 2.05) is 36.0 Å². The monoisotopic (exact) mass is 223 g/mol. The molecule has 1 aromatic carbocycles. The molecule has 4 nitrogen and oxygen atoms in total. The van der Waals surface area contributed by atoms with Crippen LogP contribution in [0.1, 0.15) is 11.4 Å². The highest BCUT2D eigenvalue weighted by molar-refractivity contribution is 5.71. The molecule has 0 bridgehead atoms. The van der Waals surface area contributed by atoms with Crippen LogP contribution in [-0.2, 0) is 6.54 Å². The first-order valence-electron chi connectivity index (χ1n) is 5.45. The van der Waals surface area contributed by atoms with E-state index >= 15 is 0 Å². The Morgan fingerprint density at radius 2 is 2.06 bits per heavy atom. The molecule has 3 rings (SSSR count). The van der Waals surface area contributed by atoms with E-state index in [0.29, 0.717) is 11.5 Å². The predicted molar refractivity (Wildman–Crippen MR) is 64.4 cm³/mol. The number of hydrogen-bond acceptors (Lipinski definition) is 3. The molecule has 0 saturated heterocycles. The Hall–Kier alpha value is -2.23. The van der Waals surface area contributed by atoms with Crippen LogP contribution in [0, 0.1) is 13.1 Å². The molecule has 0 N–H and O–H groups in total. The molecule has 0 aliphatic rings. The van der Waals surface area contributed by atoms with Crippen LogP contribution in [0.2, 0.25) is 0 Å². The fourth-order valence-electron chi connectivity index (χ4n) is 1.74. The van der Waals surface area contributed by atoms with Crippen molar-refractivity contribution in [3.8, 4) is 0 Å². The zero-order chi connectivity index (χ0) is 11.7. The van der Waals surface area contributed by atoms with Crippen LogP contribution in [0.15, 0.2) is 36.5 Å². The first-order valence-corrected chi connectivity index (χ1v) is 5.45. The van der Waals surface area contributed by atoms with Crippen LogP contribution in [-0.4, -0.2) is 19.7 Å². The van der Waals surface area contributed by atoms with Crippen LogP contribution < -0.4 is 0 Å². The summed E-state index contributed by atoms with van der Waals surface area (Å²) in [5.74, 6) is 0.697. The fraction of sp³-hybridized carbons (Fsp3) is 0.154. The number of rotatable bonds is 2. The second kappa shape index (κ2) is 3.97. The number of nitrogens with zero attached hydrogens (tertiary/aromatic N) is 4. The third-order valence-corrected chi connectivity index (χ3v) is 2.54. The van der Waals surface area contributed by atoms with Crippen molar-refractivity contribution in [2.75, 3.05) is 0 Å². The quantitative estimate of drug-likeness (QED) is 0.667. The first-order chi connectivity index (χ1) is 8.31. The lowest BCUT2D eigenvalue weighted by Crippen LogP contribution is -1.99. The molecule has 4 heteroatoms. The van der Waals surface area contributed by atoms with Gasteiger partial charge in [0.15, 0.2) is 5.65 Å². The highest BCUT2D eigenvalue weighted by atomic mass is 15.3. The second-order valence-corrected chi connectivity index (χ2v) is 3.93. The SMILES string of the molecule is Cc1n[c]c2cn(Cc3ccccc3)nc2n1. The molecule has 1 radical (unpaired) electrons. The smallest absolute Gasteiger partial charge is 0.185 e. The van der Waals surface area contributed by atoms with Crippen molar-refractivity contribution in [3.63, 3.8) is 0 Å². The van der Waals surface area contributed by atoms with Crippen molar-refractivity contribution < 1.29 is 0 Å². The average Bonchev–Trinajstić information content (AvgIpc) is 2.71. The summed E-state index contributed by atoms with van der Waals surface area (Å²) in [5, 5.41) is 5.26. The summed E-state index contributed by atoms with van der Waals surface area (Å²) in [6, 6.07) is 10.2. The zero-order valence-corrected chi connectivity index (χ0v) is 9.46. The molecule has 0 saturated carbocycles. The third kappa shape index (κ3) is 2.01. The van der Waals surface area contributed by atoms with E-state index in [1.165, 1.54) is 5.56 Å². The molecule has 17 heavy (non-hydrogen) atoms. The molecule has 3 aromatic rings. The minimum Gasteiger partial charge on any atom is -0.265 e. The van der Waals surface area contributed by atoms with Crippen LogP contribution in [0.3, 0.4) is 0 Å². The molecule has 0 aliphatic carbocycles. The molecule has 0 spiro atoms. The predicted octanol–water partition coefficient (Wildman–Crippen LogP) is 1.98. The highest BCUT2D eigenvalue weighted by Crippen LogP contribution is 2.09. The van der Waals surface area contributed by atoms with Crippen LogP contribution in [0.5, 0.6) is 0 Å². The van der Waals surface area contributed by atoms with Gasteiger partial charge in [-0.25, -0.2) is 9.97 Å². The normalized spacial score (nSPS) is 10.9. The first kappa shape index (κ1) is 9.96. The van der Waals surface area contributed by atoms with Gasteiger partial charge in [0.05, 0.1) is 11.9 Å². The molecule has 0 amide bonds. The molecular weight excluding hydrogens is 212 g/mol. The van der Waals surface area contributed by atoms with E-state index in [4.69, 9.17) is 0 Å². The molecule has 0 fully saturated rings. The lowest BCUT2D eigenvalue weighted by atomic mass is 10.2. The fourth-order valence-corrected chi connectivity index (χ4v) is 1.74. The van der Waals surface area contributed by atoms with E-state index in [0.717, 1.165) is 11.9 Å². The van der Waals surface area contributed by atoms with Gasteiger partial charge in [-0.1, -0.05) is 30.3 Å². The largest absolute Gasteiger partial charge is 0.265 e. The number of benzene rings is 1. The Balaban J connectivity index is 1.96. The van der Waals surface area contributed by atoms with E-state index in [1.54, 1.807) is 0 Å². The molecule has 0 aliphatic heterocycles. The molecular formula is C13H11N4. The van der Waals surface area contributed by atoms with Gasteiger partial charge in [-0.3, -0.25) is 4.68 Å². The van der Waals surface area contributed by atoms with Gasteiger partial charge in [0, 0.05) is 6.20 Å². The summed E-state index contributed by atoms with van der Waals surface area (Å²) < 4.78 is 1.87. The molecule has 0 atom stereocenters. The number of hydrogen-bond donors (Lipinski definition) is 0. The number of fused-ring (bicyclic) bond motifs is 1. The van der Waals surface area contributed by atoms with E-state index < -0.39 is 0 Å². The zero-order valence-electron chi connectivity index (χ0n) is 9.46. The summed E-state index contributed by atoms with van der Waals surface area (Å²) in [6.45, 7) is 2.58. The number of aromatic nitrogens is 4. The average molecular weight is 223 g/mol. The Labute approximate surface area is 98.9 Å². The summed E-state index contributed by atoms with van der Waals surface area (Å²) in [6.07, 6.45) is 4.85. The highest BCUT2D eigenvalue weighted by Gasteiger charge is 2.03. The molecule has 2 aromatic heterocycles. The summed E-state index contributed by atoms with van der Waals surface area (Å²) in [5.41, 5.74) is 1.92. The van der Waals surface area contributed by atoms with Gasteiger partial charge in [-0.15, -0.1) is 0 Å². The van der Waals surface area contributed by atoms with Crippen molar-refractivity contribution in [2.24, 2.45) is 0 Å². The van der Waals surface area contributed by atoms with E-state index in [-0.39, 0.29) is 0 Å². The van der Waals surface area contributed by atoms with Crippen LogP contribution >= 0.6 is 0 Å². The number of aryl methyl sites for hydroxylation is 1. The summed E-state index contributed by atoms with van der Waals surface area (Å²) in [7, 11) is 0. The summed E-state index contributed by atoms with van der Waals surface area (Å²) >= 11 is 0. The maximum atomic E-state index is 4.40. The van der Waals surface area contributed by atoms with Gasteiger partial charge in [0.1, 0.15) is 12.0 Å². The van der Waals surface area contributed by atoms with Crippen molar-refractivity contribution in [1.82, 2.24) is 19.7 Å². The molecule has 83 valence electrons. The minimum absolute atomic E-state index is 0.697. The third-order valence-electron chi connectivity index (χ3n) is 2.54. The summed E-state index contributed by atoms with van der Waals surface area (Å²) in [4.78, 5) is 8.30. The lowest BCUT2D eigenvalue weighted by molar-refractivity contribution is 0.693. The Bertz CT molecular complexity index is 643. The Kier molecular flexibility index (Phi) is 2.33. The van der Waals surface area contributed by atoms with Gasteiger partial charge in [-0.2, -0.15) is 5.10 Å². The van der Waals surface area contributed by atoms with E-state index in [9.17, 15) is 0 Å². The minimum atomic E-state index is 0.697. The Morgan fingerprint density at radius 1 is 1.24 bits per heavy atom. The van der Waals surface area contributed by atoms with Crippen molar-refractivity contribution in [3.05, 3.63) is 54.1 Å². The van der Waals surface area contributed by atoms with Gasteiger partial charge < -0.3 is 0 Å². The van der Waals surface area contributed by atoms with Gasteiger partial charge >= 0.3 is 0 Å². The molecule has 2 heterocycles. The van der Waals surface area contributed by atoms with Crippen molar-refractivity contribution in [2.45, 2.75) is 13.5 Å². The standard InChI is InChI=1S/C13H11N4/c1-10-14-7-12-9-17(16-13(12)15-10)8-11-5-3-2-4-6-11/h2-6,9H,8H2,1H3. The second-order valence-electron chi connectivity index (χ2n) is 3.93. The topological polar surface area (TPSA) is 43.6 Å².